The van der Waals surface area contributed by atoms with Gasteiger partial charge in [0.1, 0.15) is 16.9 Å². The fourth-order valence-corrected chi connectivity index (χ4v) is 4.60. The summed E-state index contributed by atoms with van der Waals surface area (Å²) in [6.45, 7) is 5.26. The molecular weight excluding hydrogens is 545 g/mol. The van der Waals surface area contributed by atoms with Crippen LogP contribution in [0, 0.1) is 25.7 Å². The fraction of sp³-hybridized carbons (Fsp3) is 0.300. The molecule has 1 aliphatic rings. The number of carbonyl (C=O) groups excluding carboxylic acids is 1. The molecule has 0 aliphatic carbocycles. The van der Waals surface area contributed by atoms with E-state index in [2.05, 4.69) is 42.0 Å². The number of aromatic nitrogens is 4. The van der Waals surface area contributed by atoms with Gasteiger partial charge < -0.3 is 16.0 Å². The topological polar surface area (TPSA) is 113 Å². The zero-order valence-corrected chi connectivity index (χ0v) is 23.5. The Balaban J connectivity index is 1.35. The molecule has 12 heteroatoms. The molecule has 1 aromatic carbocycles. The molecule has 216 valence electrons. The number of hydrogen-bond donors (Lipinski definition) is 2. The molecule has 1 saturated heterocycles. The van der Waals surface area contributed by atoms with Gasteiger partial charge in [0.2, 0.25) is 0 Å². The van der Waals surface area contributed by atoms with Crippen molar-refractivity contribution in [2.24, 2.45) is 0 Å². The maximum absolute atomic E-state index is 13.9. The van der Waals surface area contributed by atoms with Gasteiger partial charge in [-0.05, 0) is 51.7 Å². The first kappa shape index (κ1) is 28.9. The highest BCUT2D eigenvalue weighted by Gasteiger charge is 2.36. The van der Waals surface area contributed by atoms with Crippen molar-refractivity contribution < 1.29 is 18.0 Å². The minimum Gasteiger partial charge on any atom is -0.383 e. The van der Waals surface area contributed by atoms with E-state index in [9.17, 15) is 18.0 Å². The van der Waals surface area contributed by atoms with Gasteiger partial charge in [-0.1, -0.05) is 17.9 Å². The molecule has 1 fully saturated rings. The molecule has 0 spiro atoms. The third-order valence-corrected chi connectivity index (χ3v) is 7.22. The number of hydrogen-bond acceptors (Lipinski definition) is 8. The van der Waals surface area contributed by atoms with E-state index in [1.807, 2.05) is 32.8 Å². The summed E-state index contributed by atoms with van der Waals surface area (Å²) >= 11 is 0. The Bertz CT molecular complexity index is 1740. The first-order valence-corrected chi connectivity index (χ1v) is 13.2. The number of pyridine rings is 2. The summed E-state index contributed by atoms with van der Waals surface area (Å²) in [7, 11) is 3.90. The summed E-state index contributed by atoms with van der Waals surface area (Å²) in [5, 5.41) is 2.55. The quantitative estimate of drug-likeness (QED) is 0.344. The van der Waals surface area contributed by atoms with Crippen LogP contribution in [-0.2, 0) is 12.7 Å². The summed E-state index contributed by atoms with van der Waals surface area (Å²) in [6, 6.07) is 5.68. The molecule has 5 rings (SSSR count). The van der Waals surface area contributed by atoms with Crippen molar-refractivity contribution >= 4 is 28.4 Å². The van der Waals surface area contributed by atoms with Crippen LogP contribution in [0.3, 0.4) is 0 Å². The van der Waals surface area contributed by atoms with E-state index in [0.29, 0.717) is 41.3 Å². The van der Waals surface area contributed by atoms with Gasteiger partial charge in [0.25, 0.3) is 5.91 Å². The zero-order valence-electron chi connectivity index (χ0n) is 23.5. The largest absolute Gasteiger partial charge is 0.416 e. The van der Waals surface area contributed by atoms with Gasteiger partial charge in [0, 0.05) is 49.3 Å². The number of nitrogen functional groups attached to an aromatic ring is 1. The smallest absolute Gasteiger partial charge is 0.383 e. The minimum absolute atomic E-state index is 0.0289. The number of alkyl halides is 3. The number of nitrogens with one attached hydrogen (secondary N) is 1. The number of amides is 1. The summed E-state index contributed by atoms with van der Waals surface area (Å²) in [5.41, 5.74) is 8.96. The lowest BCUT2D eigenvalue weighted by Crippen LogP contribution is -2.56. The number of benzene rings is 1. The van der Waals surface area contributed by atoms with Crippen LogP contribution in [0.15, 0.2) is 42.9 Å². The highest BCUT2D eigenvalue weighted by molar-refractivity contribution is 6.04. The van der Waals surface area contributed by atoms with E-state index in [-0.39, 0.29) is 29.2 Å². The highest BCUT2D eigenvalue weighted by atomic mass is 19.4. The standard InChI is InChI=1S/C30H29F3N8O/c1-17-18(2)38-27-24(28(34)36-13-26(27)37-17)8-5-19-9-21(12-35-11-19)29(42)39-22-7-6-20(25(10-22)30(31,32)33)14-41-15-23(16-41)40(3)4/h6-7,9-13,23H,14-16H2,1-4H3,(H2,34,36)(H,39,42). The van der Waals surface area contributed by atoms with Gasteiger partial charge in [0.15, 0.2) is 0 Å². The number of nitrogens with zero attached hydrogens (tertiary/aromatic N) is 6. The summed E-state index contributed by atoms with van der Waals surface area (Å²) < 4.78 is 41.8. The number of likely N-dealkylation sites (tertiary alicyclic amines) is 1. The molecule has 3 N–H and O–H groups in total. The van der Waals surface area contributed by atoms with Crippen LogP contribution >= 0.6 is 0 Å². The number of aryl methyl sites for hydroxylation is 2. The maximum Gasteiger partial charge on any atom is 0.416 e. The fourth-order valence-electron chi connectivity index (χ4n) is 4.60. The van der Waals surface area contributed by atoms with Crippen LogP contribution in [-0.4, -0.2) is 68.9 Å². The van der Waals surface area contributed by atoms with Crippen molar-refractivity contribution in [3.8, 4) is 11.8 Å². The van der Waals surface area contributed by atoms with Crippen LogP contribution < -0.4 is 11.1 Å². The summed E-state index contributed by atoms with van der Waals surface area (Å²) in [4.78, 5) is 34.3. The second kappa shape index (κ2) is 11.3. The molecule has 0 radical (unpaired) electrons. The second-order valence-corrected chi connectivity index (χ2v) is 10.5. The molecule has 3 aromatic heterocycles. The van der Waals surface area contributed by atoms with Crippen molar-refractivity contribution in [3.05, 3.63) is 82.1 Å². The molecule has 0 bridgehead atoms. The Morgan fingerprint density at radius 1 is 1.10 bits per heavy atom. The number of carbonyl (C=O) groups is 1. The first-order valence-electron chi connectivity index (χ1n) is 13.2. The molecule has 0 saturated carbocycles. The van der Waals surface area contributed by atoms with E-state index < -0.39 is 17.6 Å². The summed E-state index contributed by atoms with van der Waals surface area (Å²) in [6.07, 6.45) is -0.258. The van der Waals surface area contributed by atoms with Gasteiger partial charge in [-0.25, -0.2) is 15.0 Å². The number of halogens is 3. The molecular formula is C30H29F3N8O. The number of likely N-dealkylation sites (N-methyl/N-ethyl adjacent to an activating group) is 1. The average Bonchev–Trinajstić information content (AvgIpc) is 2.91. The number of nitrogens with two attached hydrogens (primary N) is 1. The van der Waals surface area contributed by atoms with Crippen LogP contribution in [0.25, 0.3) is 11.0 Å². The van der Waals surface area contributed by atoms with Crippen LogP contribution in [0.2, 0.25) is 0 Å². The Hall–Kier alpha value is -4.60. The van der Waals surface area contributed by atoms with Gasteiger partial charge in [-0.15, -0.1) is 0 Å². The third-order valence-electron chi connectivity index (χ3n) is 7.22. The molecule has 4 aromatic rings. The van der Waals surface area contributed by atoms with E-state index >= 15 is 0 Å². The van der Waals surface area contributed by atoms with Gasteiger partial charge in [-0.3, -0.25) is 14.7 Å². The molecule has 9 nitrogen and oxygen atoms in total. The van der Waals surface area contributed by atoms with Crippen molar-refractivity contribution in [2.75, 3.05) is 38.2 Å². The van der Waals surface area contributed by atoms with E-state index in [4.69, 9.17) is 5.73 Å². The zero-order chi connectivity index (χ0) is 30.2. The van der Waals surface area contributed by atoms with Crippen molar-refractivity contribution in [3.63, 3.8) is 0 Å². The number of fused-ring (bicyclic) bond motifs is 1. The van der Waals surface area contributed by atoms with E-state index in [0.717, 1.165) is 17.5 Å². The Kier molecular flexibility index (Phi) is 7.81. The van der Waals surface area contributed by atoms with Crippen molar-refractivity contribution in [1.29, 1.82) is 0 Å². The second-order valence-electron chi connectivity index (χ2n) is 10.5. The van der Waals surface area contributed by atoms with Crippen LogP contribution in [0.5, 0.6) is 0 Å². The Morgan fingerprint density at radius 3 is 2.55 bits per heavy atom. The van der Waals surface area contributed by atoms with Crippen LogP contribution in [0.1, 0.15) is 44.0 Å². The van der Waals surface area contributed by atoms with E-state index in [1.165, 1.54) is 36.8 Å². The van der Waals surface area contributed by atoms with Gasteiger partial charge >= 0.3 is 6.18 Å². The normalized spacial score (nSPS) is 14.0. The first-order chi connectivity index (χ1) is 19.9. The minimum atomic E-state index is -4.57. The lowest BCUT2D eigenvalue weighted by atomic mass is 10.0. The monoisotopic (exact) mass is 574 g/mol. The predicted molar refractivity (Wildman–Crippen MR) is 154 cm³/mol. The SMILES string of the molecule is Cc1nc2cnc(N)c(C#Cc3cncc(C(=O)Nc4ccc(CN5CC(N(C)C)C5)c(C(F)(F)F)c4)c3)c2nc1C. The Labute approximate surface area is 241 Å². The Morgan fingerprint density at radius 2 is 1.83 bits per heavy atom. The van der Waals surface area contributed by atoms with Crippen molar-refractivity contribution in [2.45, 2.75) is 32.6 Å². The molecule has 42 heavy (non-hydrogen) atoms. The molecule has 1 amide bonds. The van der Waals surface area contributed by atoms with Gasteiger partial charge in [-0.2, -0.15) is 13.2 Å². The van der Waals surface area contributed by atoms with Crippen molar-refractivity contribution in [1.82, 2.24) is 29.7 Å². The molecule has 0 unspecified atom stereocenters. The van der Waals surface area contributed by atoms with Crippen LogP contribution in [0.4, 0.5) is 24.7 Å². The molecule has 4 heterocycles. The number of rotatable bonds is 5. The lowest BCUT2D eigenvalue weighted by Gasteiger charge is -2.43. The number of anilines is 2. The average molecular weight is 575 g/mol. The predicted octanol–water partition coefficient (Wildman–Crippen LogP) is 4.04. The lowest BCUT2D eigenvalue weighted by molar-refractivity contribution is -0.138. The van der Waals surface area contributed by atoms with E-state index in [1.54, 1.807) is 0 Å². The molecule has 1 aliphatic heterocycles. The molecule has 0 atom stereocenters. The van der Waals surface area contributed by atoms with Gasteiger partial charge in [0.05, 0.1) is 34.3 Å². The summed E-state index contributed by atoms with van der Waals surface area (Å²) in [5.74, 6) is 5.45. The third kappa shape index (κ3) is 6.17. The maximum atomic E-state index is 13.9. The highest BCUT2D eigenvalue weighted by Crippen LogP contribution is 2.35.